The third kappa shape index (κ3) is 6.57. The molecule has 1 amide bonds. The van der Waals surface area contributed by atoms with E-state index in [-0.39, 0.29) is 12.5 Å². The van der Waals surface area contributed by atoms with Crippen LogP contribution in [0.5, 0.6) is 5.75 Å². The monoisotopic (exact) mass is 398 g/mol. The lowest BCUT2D eigenvalue weighted by Gasteiger charge is -2.32. The van der Waals surface area contributed by atoms with Crippen LogP contribution >= 0.6 is 11.9 Å². The first kappa shape index (κ1) is 20.7. The number of carbonyl (C=O) groups excluding carboxylic acids is 1. The number of likely N-dealkylation sites (tertiary alicyclic amines) is 1. The maximum atomic E-state index is 12.5. The standard InChI is InChI=1S/C23H30N2O2S/c1-18(2)24-28-22-10-8-21(9-11-22)27-17-23(26)25-14-12-20(13-15-25)16-19-6-4-3-5-7-19/h3-11,18,20,24H,12-17H2,1-2H3. The highest BCUT2D eigenvalue weighted by molar-refractivity contribution is 7.97. The number of benzene rings is 2. The normalized spacial score (nSPS) is 15.0. The Hall–Kier alpha value is -1.98. The smallest absolute Gasteiger partial charge is 0.260 e. The molecule has 1 heterocycles. The molecular weight excluding hydrogens is 368 g/mol. The van der Waals surface area contributed by atoms with Gasteiger partial charge in [-0.15, -0.1) is 0 Å². The molecule has 2 aromatic rings. The number of hydrogen-bond donors (Lipinski definition) is 1. The molecule has 0 spiro atoms. The van der Waals surface area contributed by atoms with Crippen LogP contribution in [-0.2, 0) is 11.2 Å². The topological polar surface area (TPSA) is 41.6 Å². The Balaban J connectivity index is 1.38. The summed E-state index contributed by atoms with van der Waals surface area (Å²) in [5.74, 6) is 1.48. The Morgan fingerprint density at radius 1 is 1.11 bits per heavy atom. The molecule has 1 N–H and O–H groups in total. The summed E-state index contributed by atoms with van der Waals surface area (Å²) >= 11 is 1.60. The lowest BCUT2D eigenvalue weighted by Crippen LogP contribution is -2.41. The van der Waals surface area contributed by atoms with Crippen LogP contribution in [0.1, 0.15) is 32.3 Å². The van der Waals surface area contributed by atoms with Crippen molar-refractivity contribution >= 4 is 17.9 Å². The molecule has 1 saturated heterocycles. The van der Waals surface area contributed by atoms with Crippen molar-refractivity contribution in [2.24, 2.45) is 5.92 Å². The summed E-state index contributed by atoms with van der Waals surface area (Å²) in [6.07, 6.45) is 3.24. The van der Waals surface area contributed by atoms with Gasteiger partial charge in [-0.05, 0) is 80.8 Å². The van der Waals surface area contributed by atoms with Gasteiger partial charge in [0.15, 0.2) is 6.61 Å². The molecule has 28 heavy (non-hydrogen) atoms. The van der Waals surface area contributed by atoms with Gasteiger partial charge in [-0.2, -0.15) is 0 Å². The molecule has 3 rings (SSSR count). The van der Waals surface area contributed by atoms with Crippen LogP contribution in [0.4, 0.5) is 0 Å². The highest BCUT2D eigenvalue weighted by Crippen LogP contribution is 2.22. The zero-order chi connectivity index (χ0) is 19.8. The second-order valence-electron chi connectivity index (χ2n) is 7.65. The second-order valence-corrected chi connectivity index (χ2v) is 8.56. The van der Waals surface area contributed by atoms with Crippen LogP contribution in [0, 0.1) is 5.92 Å². The van der Waals surface area contributed by atoms with Crippen molar-refractivity contribution in [3.05, 3.63) is 60.2 Å². The van der Waals surface area contributed by atoms with Crippen LogP contribution in [0.15, 0.2) is 59.5 Å². The van der Waals surface area contributed by atoms with E-state index in [4.69, 9.17) is 4.74 Å². The van der Waals surface area contributed by atoms with Crippen molar-refractivity contribution in [3.63, 3.8) is 0 Å². The van der Waals surface area contributed by atoms with E-state index in [9.17, 15) is 4.79 Å². The van der Waals surface area contributed by atoms with Gasteiger partial charge in [-0.3, -0.25) is 9.52 Å². The van der Waals surface area contributed by atoms with Gasteiger partial charge in [0.2, 0.25) is 0 Å². The molecule has 0 aromatic heterocycles. The van der Waals surface area contributed by atoms with Crippen molar-refractivity contribution in [1.82, 2.24) is 9.62 Å². The van der Waals surface area contributed by atoms with Crippen molar-refractivity contribution in [1.29, 1.82) is 0 Å². The lowest BCUT2D eigenvalue weighted by atomic mass is 9.90. The first-order chi connectivity index (χ1) is 13.6. The third-order valence-corrected chi connectivity index (χ3v) is 6.03. The highest BCUT2D eigenvalue weighted by atomic mass is 32.2. The molecule has 4 nitrogen and oxygen atoms in total. The van der Waals surface area contributed by atoms with Crippen LogP contribution in [0.2, 0.25) is 0 Å². The zero-order valence-corrected chi connectivity index (χ0v) is 17.6. The quantitative estimate of drug-likeness (QED) is 0.662. The minimum Gasteiger partial charge on any atom is -0.484 e. The molecule has 150 valence electrons. The van der Waals surface area contributed by atoms with Gasteiger partial charge in [0, 0.05) is 24.0 Å². The molecule has 0 unspecified atom stereocenters. The highest BCUT2D eigenvalue weighted by Gasteiger charge is 2.23. The average molecular weight is 399 g/mol. The summed E-state index contributed by atoms with van der Waals surface area (Å²) in [4.78, 5) is 15.5. The Labute approximate surface area is 172 Å². The largest absolute Gasteiger partial charge is 0.484 e. The molecular formula is C23H30N2O2S. The fraction of sp³-hybridized carbons (Fsp3) is 0.435. The first-order valence-electron chi connectivity index (χ1n) is 10.1. The number of hydrogen-bond acceptors (Lipinski definition) is 4. The van der Waals surface area contributed by atoms with Gasteiger partial charge >= 0.3 is 0 Å². The number of amides is 1. The summed E-state index contributed by atoms with van der Waals surface area (Å²) in [5.41, 5.74) is 1.39. The van der Waals surface area contributed by atoms with E-state index in [0.717, 1.165) is 43.0 Å². The Kier molecular flexibility index (Phi) is 7.80. The Bertz CT molecular complexity index is 726. The number of piperidine rings is 1. The van der Waals surface area contributed by atoms with Gasteiger partial charge in [-0.25, -0.2) is 0 Å². The lowest BCUT2D eigenvalue weighted by molar-refractivity contribution is -0.134. The maximum Gasteiger partial charge on any atom is 0.260 e. The van der Waals surface area contributed by atoms with Crippen molar-refractivity contribution in [2.75, 3.05) is 19.7 Å². The zero-order valence-electron chi connectivity index (χ0n) is 16.8. The summed E-state index contributed by atoms with van der Waals surface area (Å²) < 4.78 is 9.01. The molecule has 1 fully saturated rings. The predicted octanol–water partition coefficient (Wildman–Crippen LogP) is 4.55. The molecule has 2 aromatic carbocycles. The summed E-state index contributed by atoms with van der Waals surface area (Å²) in [5, 5.41) is 0. The third-order valence-electron chi connectivity index (χ3n) is 4.93. The maximum absolute atomic E-state index is 12.5. The van der Waals surface area contributed by atoms with E-state index >= 15 is 0 Å². The van der Waals surface area contributed by atoms with E-state index in [0.29, 0.717) is 12.0 Å². The van der Waals surface area contributed by atoms with Gasteiger partial charge in [-0.1, -0.05) is 30.3 Å². The molecule has 1 aliphatic heterocycles. The van der Waals surface area contributed by atoms with Crippen LogP contribution in [0.25, 0.3) is 0 Å². The minimum atomic E-state index is 0.0816. The molecule has 5 heteroatoms. The van der Waals surface area contributed by atoms with Gasteiger partial charge in [0.1, 0.15) is 5.75 Å². The van der Waals surface area contributed by atoms with Gasteiger partial charge in [0.25, 0.3) is 5.91 Å². The van der Waals surface area contributed by atoms with Gasteiger partial charge < -0.3 is 9.64 Å². The fourth-order valence-electron chi connectivity index (χ4n) is 3.36. The molecule has 0 radical (unpaired) electrons. The summed E-state index contributed by atoms with van der Waals surface area (Å²) in [6.45, 7) is 5.99. The van der Waals surface area contributed by atoms with E-state index in [1.807, 2.05) is 29.2 Å². The van der Waals surface area contributed by atoms with E-state index in [1.165, 1.54) is 5.56 Å². The van der Waals surface area contributed by atoms with E-state index in [1.54, 1.807) is 11.9 Å². The summed E-state index contributed by atoms with van der Waals surface area (Å²) in [7, 11) is 0. The van der Waals surface area contributed by atoms with Crippen LogP contribution < -0.4 is 9.46 Å². The molecule has 1 aliphatic rings. The first-order valence-corrected chi connectivity index (χ1v) is 10.9. The molecule has 0 saturated carbocycles. The molecule has 0 atom stereocenters. The number of nitrogens with one attached hydrogen (secondary N) is 1. The summed E-state index contributed by atoms with van der Waals surface area (Å²) in [6, 6.07) is 18.9. The van der Waals surface area contributed by atoms with Crippen molar-refractivity contribution in [3.8, 4) is 5.75 Å². The van der Waals surface area contributed by atoms with E-state index in [2.05, 4.69) is 48.9 Å². The van der Waals surface area contributed by atoms with E-state index < -0.39 is 0 Å². The molecule has 0 aliphatic carbocycles. The Morgan fingerprint density at radius 3 is 2.43 bits per heavy atom. The SMILES string of the molecule is CC(C)NSc1ccc(OCC(=O)N2CCC(Cc3ccccc3)CC2)cc1. The van der Waals surface area contributed by atoms with Crippen LogP contribution in [-0.4, -0.2) is 36.5 Å². The molecule has 0 bridgehead atoms. The average Bonchev–Trinajstić information content (AvgIpc) is 2.72. The van der Waals surface area contributed by atoms with Crippen molar-refractivity contribution in [2.45, 2.75) is 44.0 Å². The fourth-order valence-corrected chi connectivity index (χ4v) is 4.00. The number of nitrogens with zero attached hydrogens (tertiary/aromatic N) is 1. The van der Waals surface area contributed by atoms with Gasteiger partial charge in [0.05, 0.1) is 0 Å². The number of rotatable bonds is 8. The second kappa shape index (κ2) is 10.5. The van der Waals surface area contributed by atoms with Crippen molar-refractivity contribution < 1.29 is 9.53 Å². The Morgan fingerprint density at radius 2 is 1.79 bits per heavy atom. The van der Waals surface area contributed by atoms with Crippen LogP contribution in [0.3, 0.4) is 0 Å². The number of ether oxygens (including phenoxy) is 1. The minimum absolute atomic E-state index is 0.0816. The number of carbonyl (C=O) groups is 1. The predicted molar refractivity (Wildman–Crippen MR) is 116 cm³/mol.